The number of halogens is 1. The summed E-state index contributed by atoms with van der Waals surface area (Å²) in [6, 6.07) is 6.47. The van der Waals surface area contributed by atoms with Crippen LogP contribution < -0.4 is 4.74 Å². The molecule has 0 spiro atoms. The van der Waals surface area contributed by atoms with Crippen LogP contribution in [0.3, 0.4) is 0 Å². The SMILES string of the molecule is CCN(Cc1cc(OC)ccc1Br)C(C)COC. The Morgan fingerprint density at radius 1 is 1.33 bits per heavy atom. The highest BCUT2D eigenvalue weighted by Crippen LogP contribution is 2.24. The highest BCUT2D eigenvalue weighted by molar-refractivity contribution is 9.10. The summed E-state index contributed by atoms with van der Waals surface area (Å²) in [6.45, 7) is 6.98. The zero-order chi connectivity index (χ0) is 13.5. The molecule has 18 heavy (non-hydrogen) atoms. The third-order valence-electron chi connectivity index (χ3n) is 3.06. The molecule has 0 saturated heterocycles. The van der Waals surface area contributed by atoms with E-state index in [4.69, 9.17) is 9.47 Å². The Balaban J connectivity index is 2.80. The van der Waals surface area contributed by atoms with Gasteiger partial charge in [0.2, 0.25) is 0 Å². The number of hydrogen-bond acceptors (Lipinski definition) is 3. The summed E-state index contributed by atoms with van der Waals surface area (Å²) in [5, 5.41) is 0. The van der Waals surface area contributed by atoms with E-state index in [2.05, 4.69) is 40.7 Å². The Morgan fingerprint density at radius 2 is 2.06 bits per heavy atom. The van der Waals surface area contributed by atoms with Crippen molar-refractivity contribution >= 4 is 15.9 Å². The van der Waals surface area contributed by atoms with E-state index >= 15 is 0 Å². The topological polar surface area (TPSA) is 21.7 Å². The molecule has 0 fully saturated rings. The zero-order valence-electron chi connectivity index (χ0n) is 11.6. The molecule has 0 N–H and O–H groups in total. The molecule has 3 nitrogen and oxygen atoms in total. The molecule has 1 aromatic carbocycles. The quantitative estimate of drug-likeness (QED) is 0.770. The van der Waals surface area contributed by atoms with Gasteiger partial charge in [0, 0.05) is 24.2 Å². The average molecular weight is 316 g/mol. The molecule has 1 rings (SSSR count). The molecule has 0 bridgehead atoms. The molecule has 0 aromatic heterocycles. The predicted octanol–water partition coefficient (Wildman–Crippen LogP) is 3.31. The summed E-state index contributed by atoms with van der Waals surface area (Å²) in [4.78, 5) is 2.38. The predicted molar refractivity (Wildman–Crippen MR) is 78.1 cm³/mol. The molecule has 1 aromatic rings. The van der Waals surface area contributed by atoms with Crippen LogP contribution in [0, 0.1) is 0 Å². The second-order valence-corrected chi connectivity index (χ2v) is 5.18. The van der Waals surface area contributed by atoms with Crippen molar-refractivity contribution in [1.29, 1.82) is 0 Å². The van der Waals surface area contributed by atoms with Gasteiger partial charge >= 0.3 is 0 Å². The molecular weight excluding hydrogens is 294 g/mol. The Hall–Kier alpha value is -0.580. The van der Waals surface area contributed by atoms with Crippen molar-refractivity contribution in [3.8, 4) is 5.75 Å². The van der Waals surface area contributed by atoms with E-state index in [-0.39, 0.29) is 0 Å². The minimum absolute atomic E-state index is 0.401. The fourth-order valence-corrected chi connectivity index (χ4v) is 2.32. The first-order valence-electron chi connectivity index (χ1n) is 6.17. The number of methoxy groups -OCH3 is 2. The largest absolute Gasteiger partial charge is 0.497 e. The molecular formula is C14H22BrNO2. The zero-order valence-corrected chi connectivity index (χ0v) is 13.2. The van der Waals surface area contributed by atoms with E-state index in [1.165, 1.54) is 5.56 Å². The highest BCUT2D eigenvalue weighted by atomic mass is 79.9. The molecule has 0 saturated carbocycles. The lowest BCUT2D eigenvalue weighted by Gasteiger charge is -2.27. The minimum Gasteiger partial charge on any atom is -0.497 e. The molecule has 0 aliphatic rings. The van der Waals surface area contributed by atoms with Gasteiger partial charge in [0.1, 0.15) is 5.75 Å². The van der Waals surface area contributed by atoms with Gasteiger partial charge in [0.05, 0.1) is 13.7 Å². The number of rotatable bonds is 7. The molecule has 0 aliphatic heterocycles. The van der Waals surface area contributed by atoms with Crippen molar-refractivity contribution in [3.63, 3.8) is 0 Å². The number of hydrogen-bond donors (Lipinski definition) is 0. The standard InChI is InChI=1S/C14H22BrNO2/c1-5-16(11(2)10-17-3)9-12-8-13(18-4)6-7-14(12)15/h6-8,11H,5,9-10H2,1-4H3. The van der Waals surface area contributed by atoms with Crippen LogP contribution >= 0.6 is 15.9 Å². The third-order valence-corrected chi connectivity index (χ3v) is 3.84. The van der Waals surface area contributed by atoms with Crippen molar-refractivity contribution in [1.82, 2.24) is 4.90 Å². The Morgan fingerprint density at radius 3 is 2.61 bits per heavy atom. The van der Waals surface area contributed by atoms with Crippen LogP contribution in [-0.4, -0.2) is 38.3 Å². The Labute approximate surface area is 118 Å². The van der Waals surface area contributed by atoms with Gasteiger partial charge in [0.15, 0.2) is 0 Å². The Bertz CT molecular complexity index is 371. The van der Waals surface area contributed by atoms with Crippen LogP contribution in [0.2, 0.25) is 0 Å². The van der Waals surface area contributed by atoms with Crippen LogP contribution in [0.25, 0.3) is 0 Å². The number of nitrogens with zero attached hydrogens (tertiary/aromatic N) is 1. The first kappa shape index (κ1) is 15.5. The summed E-state index contributed by atoms with van der Waals surface area (Å²) >= 11 is 3.59. The van der Waals surface area contributed by atoms with Crippen LogP contribution in [0.15, 0.2) is 22.7 Å². The molecule has 0 amide bonds. The van der Waals surface area contributed by atoms with E-state index < -0.39 is 0 Å². The van der Waals surface area contributed by atoms with Crippen molar-refractivity contribution in [2.75, 3.05) is 27.4 Å². The van der Waals surface area contributed by atoms with E-state index in [0.29, 0.717) is 6.04 Å². The Kier molecular flexibility index (Phi) is 6.68. The molecule has 0 aliphatic carbocycles. The second-order valence-electron chi connectivity index (χ2n) is 4.32. The molecule has 4 heteroatoms. The van der Waals surface area contributed by atoms with Gasteiger partial charge in [-0.15, -0.1) is 0 Å². The summed E-state index contributed by atoms with van der Waals surface area (Å²) in [5.74, 6) is 0.892. The van der Waals surface area contributed by atoms with Gasteiger partial charge < -0.3 is 9.47 Å². The van der Waals surface area contributed by atoms with Crippen LogP contribution in [0.5, 0.6) is 5.75 Å². The van der Waals surface area contributed by atoms with E-state index in [1.54, 1.807) is 14.2 Å². The van der Waals surface area contributed by atoms with Gasteiger partial charge in [-0.3, -0.25) is 4.90 Å². The summed E-state index contributed by atoms with van der Waals surface area (Å²) in [6.07, 6.45) is 0. The van der Waals surface area contributed by atoms with Gasteiger partial charge in [0.25, 0.3) is 0 Å². The van der Waals surface area contributed by atoms with Crippen molar-refractivity contribution in [2.45, 2.75) is 26.4 Å². The van der Waals surface area contributed by atoms with Gasteiger partial charge in [-0.05, 0) is 37.2 Å². The van der Waals surface area contributed by atoms with Gasteiger partial charge in [-0.2, -0.15) is 0 Å². The second kappa shape index (κ2) is 7.77. The summed E-state index contributed by atoms with van der Waals surface area (Å²) in [7, 11) is 3.43. The maximum absolute atomic E-state index is 5.27. The molecule has 1 unspecified atom stereocenters. The molecule has 1 atom stereocenters. The van der Waals surface area contributed by atoms with Gasteiger partial charge in [-0.1, -0.05) is 22.9 Å². The summed E-state index contributed by atoms with van der Waals surface area (Å²) in [5.41, 5.74) is 1.24. The van der Waals surface area contributed by atoms with Gasteiger partial charge in [-0.25, -0.2) is 0 Å². The lowest BCUT2D eigenvalue weighted by atomic mass is 10.1. The van der Waals surface area contributed by atoms with Crippen LogP contribution in [0.4, 0.5) is 0 Å². The van der Waals surface area contributed by atoms with Crippen molar-refractivity contribution in [3.05, 3.63) is 28.2 Å². The number of benzene rings is 1. The maximum atomic E-state index is 5.27. The third kappa shape index (κ3) is 4.26. The first-order chi connectivity index (χ1) is 8.62. The number of ether oxygens (including phenoxy) is 2. The molecule has 0 radical (unpaired) electrons. The van der Waals surface area contributed by atoms with Crippen molar-refractivity contribution in [2.24, 2.45) is 0 Å². The average Bonchev–Trinajstić information content (AvgIpc) is 2.38. The van der Waals surface area contributed by atoms with E-state index in [1.807, 2.05) is 12.1 Å². The fourth-order valence-electron chi connectivity index (χ4n) is 1.94. The number of likely N-dealkylation sites (N-methyl/N-ethyl adjacent to an activating group) is 1. The van der Waals surface area contributed by atoms with Crippen LogP contribution in [0.1, 0.15) is 19.4 Å². The fraction of sp³-hybridized carbons (Fsp3) is 0.571. The first-order valence-corrected chi connectivity index (χ1v) is 6.97. The van der Waals surface area contributed by atoms with E-state index in [9.17, 15) is 0 Å². The smallest absolute Gasteiger partial charge is 0.119 e. The van der Waals surface area contributed by atoms with Crippen molar-refractivity contribution < 1.29 is 9.47 Å². The monoisotopic (exact) mass is 315 g/mol. The minimum atomic E-state index is 0.401. The summed E-state index contributed by atoms with van der Waals surface area (Å²) < 4.78 is 11.6. The molecule has 0 heterocycles. The molecule has 102 valence electrons. The van der Waals surface area contributed by atoms with Crippen LogP contribution in [-0.2, 0) is 11.3 Å². The lowest BCUT2D eigenvalue weighted by molar-refractivity contribution is 0.0980. The highest BCUT2D eigenvalue weighted by Gasteiger charge is 2.14. The van der Waals surface area contributed by atoms with E-state index in [0.717, 1.165) is 29.9 Å². The normalized spacial score (nSPS) is 12.8. The maximum Gasteiger partial charge on any atom is 0.119 e. The lowest BCUT2D eigenvalue weighted by Crippen LogP contribution is -2.35.